The minimum absolute atomic E-state index is 0.343. The zero-order valence-corrected chi connectivity index (χ0v) is 8.31. The summed E-state index contributed by atoms with van der Waals surface area (Å²) < 4.78 is 14.4. The molecule has 4 nitrogen and oxygen atoms in total. The highest BCUT2D eigenvalue weighted by Crippen LogP contribution is 2.12. The summed E-state index contributed by atoms with van der Waals surface area (Å²) in [5.74, 6) is 0.261. The molecule has 0 radical (unpaired) electrons. The zero-order valence-electron chi connectivity index (χ0n) is 8.31. The zero-order chi connectivity index (χ0) is 10.7. The Morgan fingerprint density at radius 3 is 2.87 bits per heavy atom. The SMILES string of the molecule is CCn1cc(Nc2ccc(F)cn2)cn1. The fraction of sp³-hybridized carbons (Fsp3) is 0.200. The molecule has 78 valence electrons. The van der Waals surface area contributed by atoms with Gasteiger partial charge >= 0.3 is 0 Å². The van der Waals surface area contributed by atoms with E-state index >= 15 is 0 Å². The van der Waals surface area contributed by atoms with Crippen molar-refractivity contribution >= 4 is 11.5 Å². The van der Waals surface area contributed by atoms with E-state index in [1.165, 1.54) is 12.3 Å². The van der Waals surface area contributed by atoms with Gasteiger partial charge in [-0.3, -0.25) is 4.68 Å². The standard InChI is InChI=1S/C10H11FN4/c1-2-15-7-9(6-13-15)14-10-4-3-8(11)5-12-10/h3-7H,2H2,1H3,(H,12,14). The van der Waals surface area contributed by atoms with Crippen molar-refractivity contribution < 1.29 is 4.39 Å². The van der Waals surface area contributed by atoms with E-state index < -0.39 is 0 Å². The molecule has 2 aromatic rings. The van der Waals surface area contributed by atoms with E-state index in [-0.39, 0.29) is 5.82 Å². The van der Waals surface area contributed by atoms with E-state index in [1.807, 2.05) is 13.1 Å². The van der Waals surface area contributed by atoms with Crippen LogP contribution in [0, 0.1) is 5.82 Å². The van der Waals surface area contributed by atoms with Crippen molar-refractivity contribution in [1.29, 1.82) is 0 Å². The molecule has 0 fully saturated rings. The van der Waals surface area contributed by atoms with Crippen molar-refractivity contribution in [3.8, 4) is 0 Å². The van der Waals surface area contributed by atoms with Crippen LogP contribution in [0.25, 0.3) is 0 Å². The quantitative estimate of drug-likeness (QED) is 0.837. The van der Waals surface area contributed by atoms with Crippen molar-refractivity contribution in [2.45, 2.75) is 13.5 Å². The molecular weight excluding hydrogens is 195 g/mol. The highest BCUT2D eigenvalue weighted by atomic mass is 19.1. The monoisotopic (exact) mass is 206 g/mol. The Morgan fingerprint density at radius 2 is 2.27 bits per heavy atom. The van der Waals surface area contributed by atoms with Gasteiger partial charge < -0.3 is 5.32 Å². The van der Waals surface area contributed by atoms with Gasteiger partial charge in [-0.25, -0.2) is 9.37 Å². The summed E-state index contributed by atoms with van der Waals surface area (Å²) in [5, 5.41) is 7.13. The molecule has 0 aromatic carbocycles. The minimum atomic E-state index is -0.343. The van der Waals surface area contributed by atoms with Crippen molar-refractivity contribution in [1.82, 2.24) is 14.8 Å². The second-order valence-corrected chi connectivity index (χ2v) is 3.07. The van der Waals surface area contributed by atoms with Crippen LogP contribution in [0.2, 0.25) is 0 Å². The number of rotatable bonds is 3. The van der Waals surface area contributed by atoms with Gasteiger partial charge in [-0.2, -0.15) is 5.10 Å². The van der Waals surface area contributed by atoms with Gasteiger partial charge in [-0.1, -0.05) is 0 Å². The van der Waals surface area contributed by atoms with Crippen LogP contribution in [-0.4, -0.2) is 14.8 Å². The summed E-state index contributed by atoms with van der Waals surface area (Å²) in [6.07, 6.45) is 4.74. The number of halogens is 1. The predicted molar refractivity (Wildman–Crippen MR) is 55.4 cm³/mol. The second kappa shape index (κ2) is 4.08. The fourth-order valence-electron chi connectivity index (χ4n) is 1.20. The van der Waals surface area contributed by atoms with Crippen LogP contribution in [0.3, 0.4) is 0 Å². The summed E-state index contributed by atoms with van der Waals surface area (Å²) in [5.41, 5.74) is 0.843. The third kappa shape index (κ3) is 2.31. The van der Waals surface area contributed by atoms with E-state index in [2.05, 4.69) is 15.4 Å². The lowest BCUT2D eigenvalue weighted by molar-refractivity contribution is 0.622. The van der Waals surface area contributed by atoms with Crippen LogP contribution in [0.4, 0.5) is 15.9 Å². The number of pyridine rings is 1. The summed E-state index contributed by atoms with van der Waals surface area (Å²) in [6.45, 7) is 2.82. The molecule has 0 aliphatic carbocycles. The Bertz CT molecular complexity index is 435. The van der Waals surface area contributed by atoms with Crippen molar-refractivity contribution in [2.75, 3.05) is 5.32 Å². The van der Waals surface area contributed by atoms with Crippen molar-refractivity contribution in [3.05, 3.63) is 36.5 Å². The largest absolute Gasteiger partial charge is 0.338 e. The first-order valence-electron chi connectivity index (χ1n) is 4.69. The van der Waals surface area contributed by atoms with Crippen LogP contribution in [0.5, 0.6) is 0 Å². The van der Waals surface area contributed by atoms with Gasteiger partial charge in [0.15, 0.2) is 0 Å². The molecular formula is C10H11FN4. The highest BCUT2D eigenvalue weighted by molar-refractivity contribution is 5.53. The van der Waals surface area contributed by atoms with Gasteiger partial charge in [-0.05, 0) is 19.1 Å². The number of anilines is 2. The molecule has 2 aromatic heterocycles. The molecule has 0 aliphatic rings. The van der Waals surface area contributed by atoms with Gasteiger partial charge in [0.1, 0.15) is 11.6 Å². The van der Waals surface area contributed by atoms with Gasteiger partial charge in [0.05, 0.1) is 18.1 Å². The van der Waals surface area contributed by atoms with E-state index in [4.69, 9.17) is 0 Å². The van der Waals surface area contributed by atoms with Crippen molar-refractivity contribution in [2.24, 2.45) is 0 Å². The van der Waals surface area contributed by atoms with Crippen LogP contribution in [0.15, 0.2) is 30.7 Å². The molecule has 1 N–H and O–H groups in total. The van der Waals surface area contributed by atoms with E-state index in [9.17, 15) is 4.39 Å². The summed E-state index contributed by atoms with van der Waals surface area (Å²) in [6, 6.07) is 2.94. The predicted octanol–water partition coefficient (Wildman–Crippen LogP) is 2.18. The average molecular weight is 206 g/mol. The maximum Gasteiger partial charge on any atom is 0.141 e. The first-order valence-corrected chi connectivity index (χ1v) is 4.69. The lowest BCUT2D eigenvalue weighted by atomic mass is 10.4. The molecule has 0 saturated carbocycles. The molecule has 0 saturated heterocycles. The molecule has 0 bridgehead atoms. The Morgan fingerprint density at radius 1 is 1.40 bits per heavy atom. The highest BCUT2D eigenvalue weighted by Gasteiger charge is 1.98. The topological polar surface area (TPSA) is 42.7 Å². The number of aromatic nitrogens is 3. The van der Waals surface area contributed by atoms with Gasteiger partial charge in [-0.15, -0.1) is 0 Å². The lowest BCUT2D eigenvalue weighted by Gasteiger charge is -2.00. The number of aryl methyl sites for hydroxylation is 1. The Balaban J connectivity index is 2.11. The summed E-state index contributed by atoms with van der Waals surface area (Å²) in [7, 11) is 0. The van der Waals surface area contributed by atoms with Gasteiger partial charge in [0, 0.05) is 12.7 Å². The number of hydrogen-bond donors (Lipinski definition) is 1. The Labute approximate surface area is 86.8 Å². The number of nitrogens with one attached hydrogen (secondary N) is 1. The molecule has 2 heterocycles. The molecule has 0 atom stereocenters. The van der Waals surface area contributed by atoms with Gasteiger partial charge in [0.25, 0.3) is 0 Å². The molecule has 2 rings (SSSR count). The third-order valence-corrected chi connectivity index (χ3v) is 1.96. The minimum Gasteiger partial charge on any atom is -0.338 e. The Kier molecular flexibility index (Phi) is 2.62. The maximum absolute atomic E-state index is 12.6. The molecule has 15 heavy (non-hydrogen) atoms. The molecule has 0 spiro atoms. The van der Waals surface area contributed by atoms with E-state index in [0.29, 0.717) is 5.82 Å². The average Bonchev–Trinajstić information content (AvgIpc) is 2.69. The molecule has 5 heteroatoms. The smallest absolute Gasteiger partial charge is 0.141 e. The number of nitrogens with zero attached hydrogens (tertiary/aromatic N) is 3. The van der Waals surface area contributed by atoms with Crippen LogP contribution >= 0.6 is 0 Å². The van der Waals surface area contributed by atoms with Crippen molar-refractivity contribution in [3.63, 3.8) is 0 Å². The van der Waals surface area contributed by atoms with Gasteiger partial charge in [0.2, 0.25) is 0 Å². The molecule has 0 amide bonds. The Hall–Kier alpha value is -1.91. The lowest BCUT2D eigenvalue weighted by Crippen LogP contribution is -1.94. The third-order valence-electron chi connectivity index (χ3n) is 1.96. The summed E-state index contributed by atoms with van der Waals surface area (Å²) in [4.78, 5) is 3.89. The maximum atomic E-state index is 12.6. The number of hydrogen-bond acceptors (Lipinski definition) is 3. The van der Waals surface area contributed by atoms with Crippen LogP contribution in [0.1, 0.15) is 6.92 Å². The second-order valence-electron chi connectivity index (χ2n) is 3.07. The van der Waals surface area contributed by atoms with Crippen LogP contribution in [-0.2, 0) is 6.54 Å². The normalized spacial score (nSPS) is 10.3. The first kappa shape index (κ1) is 9.64. The molecule has 0 aliphatic heterocycles. The van der Waals surface area contributed by atoms with E-state index in [1.54, 1.807) is 16.9 Å². The fourth-order valence-corrected chi connectivity index (χ4v) is 1.20. The van der Waals surface area contributed by atoms with E-state index in [0.717, 1.165) is 12.2 Å². The summed E-state index contributed by atoms with van der Waals surface area (Å²) >= 11 is 0. The molecule has 0 unspecified atom stereocenters. The first-order chi connectivity index (χ1) is 7.28. The van der Waals surface area contributed by atoms with Crippen LogP contribution < -0.4 is 5.32 Å².